The van der Waals surface area contributed by atoms with Gasteiger partial charge in [0.15, 0.2) is 0 Å². The highest BCUT2D eigenvalue weighted by molar-refractivity contribution is 5.80. The molecule has 1 atom stereocenters. The molecule has 0 aliphatic carbocycles. The monoisotopic (exact) mass is 370 g/mol. The number of nitrogens with one attached hydrogen (secondary N) is 1. The Labute approximate surface area is 149 Å². The van der Waals surface area contributed by atoms with Crippen molar-refractivity contribution in [1.82, 2.24) is 30.4 Å². The third-order valence-corrected chi connectivity index (χ3v) is 3.72. The van der Waals surface area contributed by atoms with Crippen LogP contribution in [-0.2, 0) is 11.2 Å². The lowest BCUT2D eigenvalue weighted by molar-refractivity contribution is -0.143. The molecule has 26 heavy (non-hydrogen) atoms. The summed E-state index contributed by atoms with van der Waals surface area (Å²) in [6, 6.07) is 8.81. The highest BCUT2D eigenvalue weighted by Gasteiger charge is 2.29. The predicted molar refractivity (Wildman–Crippen MR) is 88.2 cm³/mol. The zero-order valence-electron chi connectivity index (χ0n) is 14.4. The molecule has 0 aliphatic heterocycles. The van der Waals surface area contributed by atoms with Crippen LogP contribution in [0.2, 0.25) is 0 Å². The number of carbonyl (C=O) groups is 1. The van der Waals surface area contributed by atoms with E-state index in [2.05, 4.69) is 20.8 Å². The van der Waals surface area contributed by atoms with Crippen LogP contribution in [0.3, 0.4) is 0 Å². The molecule has 1 N–H and O–H groups in total. The van der Waals surface area contributed by atoms with Gasteiger partial charge in [0, 0.05) is 13.0 Å². The zero-order chi connectivity index (χ0) is 19.0. The van der Waals surface area contributed by atoms with Gasteiger partial charge in [-0.05, 0) is 36.0 Å². The number of aromatic nitrogens is 4. The Balaban J connectivity index is 1.85. The lowest BCUT2D eigenvalue weighted by atomic mass is 10.1. The molecule has 1 aromatic carbocycles. The van der Waals surface area contributed by atoms with Gasteiger partial charge < -0.3 is 5.32 Å². The van der Waals surface area contributed by atoms with E-state index < -0.39 is 18.8 Å². The third-order valence-electron chi connectivity index (χ3n) is 3.72. The van der Waals surface area contributed by atoms with Crippen molar-refractivity contribution in [2.24, 2.45) is 0 Å². The van der Waals surface area contributed by atoms with Crippen molar-refractivity contribution in [3.63, 3.8) is 0 Å². The van der Waals surface area contributed by atoms with Crippen LogP contribution in [0.5, 0.6) is 0 Å². The smallest absolute Gasteiger partial charge is 0.354 e. The van der Waals surface area contributed by atoms with Gasteiger partial charge in [0.2, 0.25) is 5.91 Å². The minimum absolute atomic E-state index is 0.230. The Morgan fingerprint density at radius 2 is 2.04 bits per heavy atom. The van der Waals surface area contributed by atoms with Crippen molar-refractivity contribution in [1.29, 1.82) is 0 Å². The van der Waals surface area contributed by atoms with Crippen LogP contribution < -0.4 is 5.32 Å². The number of rotatable bonds is 9. The Morgan fingerprint density at radius 3 is 2.65 bits per heavy atom. The zero-order valence-corrected chi connectivity index (χ0v) is 14.4. The van der Waals surface area contributed by atoms with Gasteiger partial charge in [-0.25, -0.2) is 4.68 Å². The molecule has 0 spiro atoms. The molecule has 10 heteroatoms. The fourth-order valence-corrected chi connectivity index (χ4v) is 2.52. The molecule has 1 heterocycles. The summed E-state index contributed by atoms with van der Waals surface area (Å²) >= 11 is 0. The number of amides is 1. The Kier molecular flexibility index (Phi) is 7.07. The summed E-state index contributed by atoms with van der Waals surface area (Å²) in [6.07, 6.45) is -2.04. The maximum atomic E-state index is 12.5. The molecule has 0 aliphatic rings. The second-order valence-corrected chi connectivity index (χ2v) is 5.99. The van der Waals surface area contributed by atoms with Gasteiger partial charge in [0.25, 0.3) is 0 Å². The molecule has 0 saturated carbocycles. The number of tetrazole rings is 1. The lowest BCUT2D eigenvalue weighted by Crippen LogP contribution is -2.37. The number of benzene rings is 1. The highest BCUT2D eigenvalue weighted by atomic mass is 19.4. The third kappa shape index (κ3) is 6.79. The molecule has 7 nitrogen and oxygen atoms in total. The van der Waals surface area contributed by atoms with E-state index in [-0.39, 0.29) is 19.0 Å². The van der Waals surface area contributed by atoms with Crippen molar-refractivity contribution >= 4 is 5.91 Å². The largest absolute Gasteiger partial charge is 0.401 e. The average molecular weight is 370 g/mol. The fraction of sp³-hybridized carbons (Fsp3) is 0.500. The van der Waals surface area contributed by atoms with Crippen LogP contribution in [0.4, 0.5) is 13.2 Å². The Bertz CT molecular complexity index is 662. The topological polar surface area (TPSA) is 75.9 Å². The molecular formula is C16H21F3N6O. The molecule has 0 fully saturated rings. The summed E-state index contributed by atoms with van der Waals surface area (Å²) in [7, 11) is 1.40. The molecule has 0 radical (unpaired) electrons. The van der Waals surface area contributed by atoms with Crippen molar-refractivity contribution < 1.29 is 18.0 Å². The SMILES string of the molecule is CN(CCCNC(=O)[C@H](Cc1ccccc1)n1cnnn1)CC(F)(F)F. The minimum atomic E-state index is -4.22. The van der Waals surface area contributed by atoms with Crippen molar-refractivity contribution in [2.45, 2.75) is 25.1 Å². The number of alkyl halides is 3. The molecule has 142 valence electrons. The summed E-state index contributed by atoms with van der Waals surface area (Å²) in [5.74, 6) is -0.278. The van der Waals surface area contributed by atoms with Gasteiger partial charge in [-0.1, -0.05) is 30.3 Å². The van der Waals surface area contributed by atoms with Crippen molar-refractivity contribution in [3.8, 4) is 0 Å². The van der Waals surface area contributed by atoms with Crippen molar-refractivity contribution in [2.75, 3.05) is 26.7 Å². The second-order valence-electron chi connectivity index (χ2n) is 5.99. The first-order valence-electron chi connectivity index (χ1n) is 8.14. The molecule has 0 bridgehead atoms. The van der Waals surface area contributed by atoms with Crippen LogP contribution in [-0.4, -0.2) is 63.9 Å². The molecule has 2 rings (SSSR count). The minimum Gasteiger partial charge on any atom is -0.354 e. The summed E-state index contributed by atoms with van der Waals surface area (Å²) in [5.41, 5.74) is 0.952. The van der Waals surface area contributed by atoms with Crippen LogP contribution in [0.25, 0.3) is 0 Å². The average Bonchev–Trinajstić information content (AvgIpc) is 3.10. The first-order chi connectivity index (χ1) is 12.3. The fourth-order valence-electron chi connectivity index (χ4n) is 2.52. The van der Waals surface area contributed by atoms with Gasteiger partial charge in [-0.15, -0.1) is 5.10 Å². The normalized spacial score (nSPS) is 13.0. The van der Waals surface area contributed by atoms with E-state index in [1.165, 1.54) is 23.0 Å². The quantitative estimate of drug-likeness (QED) is 0.677. The van der Waals surface area contributed by atoms with E-state index >= 15 is 0 Å². The van der Waals surface area contributed by atoms with E-state index in [0.29, 0.717) is 12.8 Å². The summed E-state index contributed by atoms with van der Waals surface area (Å²) < 4.78 is 38.2. The van der Waals surface area contributed by atoms with Gasteiger partial charge in [-0.2, -0.15) is 13.2 Å². The van der Waals surface area contributed by atoms with E-state index in [1.807, 2.05) is 30.3 Å². The maximum Gasteiger partial charge on any atom is 0.401 e. The highest BCUT2D eigenvalue weighted by Crippen LogP contribution is 2.15. The standard InChI is InChI=1S/C16H21F3N6O/c1-24(11-16(17,18)19)9-5-8-20-15(26)14(25-12-21-22-23-25)10-13-6-3-2-4-7-13/h2-4,6-7,12,14H,5,8-11H2,1H3,(H,20,26)/t14-/m0/s1. The predicted octanol–water partition coefficient (Wildman–Crippen LogP) is 1.46. The lowest BCUT2D eigenvalue weighted by Gasteiger charge is -2.19. The van der Waals surface area contributed by atoms with Gasteiger partial charge >= 0.3 is 6.18 Å². The summed E-state index contributed by atoms with van der Waals surface area (Å²) in [4.78, 5) is 13.7. The Hall–Kier alpha value is -2.49. The number of halogens is 3. The maximum absolute atomic E-state index is 12.5. The Morgan fingerprint density at radius 1 is 1.31 bits per heavy atom. The molecule has 1 aromatic heterocycles. The second kappa shape index (κ2) is 9.27. The van der Waals surface area contributed by atoms with Crippen LogP contribution in [0.15, 0.2) is 36.7 Å². The first-order valence-corrected chi connectivity index (χ1v) is 8.14. The summed E-state index contributed by atoms with van der Waals surface area (Å²) in [6.45, 7) is -0.468. The van der Waals surface area contributed by atoms with Crippen molar-refractivity contribution in [3.05, 3.63) is 42.2 Å². The molecule has 2 aromatic rings. The summed E-state index contributed by atoms with van der Waals surface area (Å²) in [5, 5.41) is 13.7. The van der Waals surface area contributed by atoms with E-state index in [4.69, 9.17) is 0 Å². The van der Waals surface area contributed by atoms with E-state index in [9.17, 15) is 18.0 Å². The van der Waals surface area contributed by atoms with E-state index in [1.54, 1.807) is 0 Å². The van der Waals surface area contributed by atoms with Gasteiger partial charge in [0.1, 0.15) is 12.4 Å². The number of nitrogens with zero attached hydrogens (tertiary/aromatic N) is 5. The number of hydrogen-bond acceptors (Lipinski definition) is 5. The molecule has 0 saturated heterocycles. The number of hydrogen-bond donors (Lipinski definition) is 1. The van der Waals surface area contributed by atoms with Crippen LogP contribution in [0, 0.1) is 0 Å². The first kappa shape index (κ1) is 19.8. The molecular weight excluding hydrogens is 349 g/mol. The van der Waals surface area contributed by atoms with E-state index in [0.717, 1.165) is 5.56 Å². The van der Waals surface area contributed by atoms with Gasteiger partial charge in [0.05, 0.1) is 6.54 Å². The van der Waals surface area contributed by atoms with Crippen LogP contribution in [0.1, 0.15) is 18.0 Å². The van der Waals surface area contributed by atoms with Crippen LogP contribution >= 0.6 is 0 Å². The van der Waals surface area contributed by atoms with Gasteiger partial charge in [-0.3, -0.25) is 9.69 Å². The number of carbonyl (C=O) groups excluding carboxylic acids is 1. The molecule has 0 unspecified atom stereocenters. The molecule has 1 amide bonds.